The second kappa shape index (κ2) is 16.7. The number of aliphatic carboxylic acids is 1. The summed E-state index contributed by atoms with van der Waals surface area (Å²) in [5, 5.41) is 17.2. The van der Waals surface area contributed by atoms with Gasteiger partial charge in [-0.25, -0.2) is 4.79 Å². The molecule has 13 nitrogen and oxygen atoms in total. The van der Waals surface area contributed by atoms with Crippen molar-refractivity contribution in [2.45, 2.75) is 70.5 Å². The highest BCUT2D eigenvalue weighted by Crippen LogP contribution is 2.10. The minimum atomic E-state index is -1.22. The number of aliphatic imine (C=N–C) groups is 1. The molecule has 0 saturated carbocycles. The summed E-state index contributed by atoms with van der Waals surface area (Å²) in [7, 11) is 0. The molecule has 0 rings (SSSR count). The first-order valence-electron chi connectivity index (χ1n) is 11.2. The van der Waals surface area contributed by atoms with E-state index in [-0.39, 0.29) is 37.8 Å². The molecule has 0 bridgehead atoms. The van der Waals surface area contributed by atoms with Gasteiger partial charge in [-0.05, 0) is 44.6 Å². The Morgan fingerprint density at radius 1 is 0.909 bits per heavy atom. The first-order valence-corrected chi connectivity index (χ1v) is 11.2. The summed E-state index contributed by atoms with van der Waals surface area (Å²) in [5.41, 5.74) is 21.4. The number of unbranched alkanes of at least 4 members (excludes halogenated alkanes) is 1. The average molecular weight is 473 g/mol. The largest absolute Gasteiger partial charge is 0.480 e. The summed E-state index contributed by atoms with van der Waals surface area (Å²) in [5.74, 6) is -3.21. The molecular weight excluding hydrogens is 432 g/mol. The van der Waals surface area contributed by atoms with E-state index in [1.807, 2.05) is 6.92 Å². The quantitative estimate of drug-likeness (QED) is 0.0644. The third-order valence-electron chi connectivity index (χ3n) is 5.14. The number of hydrogen-bond acceptors (Lipinski definition) is 7. The second-order valence-corrected chi connectivity index (χ2v) is 7.83. The van der Waals surface area contributed by atoms with Crippen LogP contribution in [-0.2, 0) is 19.2 Å². The van der Waals surface area contributed by atoms with E-state index in [0.717, 1.165) is 0 Å². The third kappa shape index (κ3) is 12.6. The van der Waals surface area contributed by atoms with Crippen LogP contribution in [0.5, 0.6) is 0 Å². The highest BCUT2D eigenvalue weighted by Gasteiger charge is 2.31. The van der Waals surface area contributed by atoms with Crippen LogP contribution in [0.15, 0.2) is 4.99 Å². The minimum Gasteiger partial charge on any atom is -0.480 e. The fraction of sp³-hybridized carbons (Fsp3) is 0.750. The first kappa shape index (κ1) is 30.1. The van der Waals surface area contributed by atoms with Crippen molar-refractivity contribution in [1.82, 2.24) is 16.0 Å². The van der Waals surface area contributed by atoms with Crippen molar-refractivity contribution < 1.29 is 24.3 Å². The molecule has 0 heterocycles. The van der Waals surface area contributed by atoms with E-state index < -0.39 is 41.8 Å². The summed E-state index contributed by atoms with van der Waals surface area (Å²) < 4.78 is 0. The topological polar surface area (TPSA) is 241 Å². The van der Waals surface area contributed by atoms with Crippen LogP contribution in [0, 0.1) is 5.92 Å². The molecule has 190 valence electrons. The maximum absolute atomic E-state index is 12.9. The summed E-state index contributed by atoms with van der Waals surface area (Å²) in [4.78, 5) is 52.9. The molecule has 0 radical (unpaired) electrons. The Balaban J connectivity index is 5.37. The summed E-state index contributed by atoms with van der Waals surface area (Å²) in [6.45, 7) is 4.01. The number of nitrogens with zero attached hydrogens (tertiary/aromatic N) is 1. The summed E-state index contributed by atoms with van der Waals surface area (Å²) in [6.07, 6.45) is 2.46. The standard InChI is InChI=1S/C20H40N8O5/c1-3-12(2)16(28-15(29)11-22)18(31)26-13(7-4-5-9-21)17(30)27-14(19(32)33)8-6-10-25-20(23)24/h12-14,16H,3-11,21-22H2,1-2H3,(H,26,31)(H,27,30)(H,28,29)(H,32,33)(H4,23,24,25). The zero-order valence-electron chi connectivity index (χ0n) is 19.5. The molecule has 3 amide bonds. The van der Waals surface area contributed by atoms with E-state index in [0.29, 0.717) is 32.2 Å². The van der Waals surface area contributed by atoms with Crippen molar-refractivity contribution in [3.05, 3.63) is 0 Å². The lowest BCUT2D eigenvalue weighted by Gasteiger charge is -2.27. The number of amides is 3. The fourth-order valence-electron chi connectivity index (χ4n) is 2.99. The van der Waals surface area contributed by atoms with Crippen molar-refractivity contribution in [3.63, 3.8) is 0 Å². The fourth-order valence-corrected chi connectivity index (χ4v) is 2.99. The molecule has 13 heteroatoms. The smallest absolute Gasteiger partial charge is 0.326 e. The van der Waals surface area contributed by atoms with Crippen LogP contribution in [0.4, 0.5) is 0 Å². The van der Waals surface area contributed by atoms with Crippen LogP contribution in [0.3, 0.4) is 0 Å². The molecule has 0 aliphatic rings. The number of carboxylic acids is 1. The Kier molecular flexibility index (Phi) is 15.2. The highest BCUT2D eigenvalue weighted by atomic mass is 16.4. The Morgan fingerprint density at radius 3 is 2.03 bits per heavy atom. The van der Waals surface area contributed by atoms with Gasteiger partial charge in [0.05, 0.1) is 6.54 Å². The molecule has 4 unspecified atom stereocenters. The van der Waals surface area contributed by atoms with Crippen molar-refractivity contribution in [3.8, 4) is 0 Å². The number of rotatable bonds is 17. The van der Waals surface area contributed by atoms with Crippen molar-refractivity contribution >= 4 is 29.7 Å². The van der Waals surface area contributed by atoms with Gasteiger partial charge in [0.25, 0.3) is 0 Å². The van der Waals surface area contributed by atoms with Gasteiger partial charge in [0, 0.05) is 6.54 Å². The SMILES string of the molecule is CCC(C)C(NC(=O)CN)C(=O)NC(CCCCN)C(=O)NC(CCCN=C(N)N)C(=O)O. The van der Waals surface area contributed by atoms with Gasteiger partial charge in [-0.1, -0.05) is 20.3 Å². The van der Waals surface area contributed by atoms with Crippen molar-refractivity contribution in [2.24, 2.45) is 33.8 Å². The Bertz CT molecular complexity index is 669. The van der Waals surface area contributed by atoms with Gasteiger partial charge in [0.15, 0.2) is 5.96 Å². The number of hydrogen-bond donors (Lipinski definition) is 8. The van der Waals surface area contributed by atoms with E-state index in [9.17, 15) is 24.3 Å². The lowest BCUT2D eigenvalue weighted by Crippen LogP contribution is -2.57. The predicted molar refractivity (Wildman–Crippen MR) is 125 cm³/mol. The zero-order valence-corrected chi connectivity index (χ0v) is 19.5. The second-order valence-electron chi connectivity index (χ2n) is 7.83. The maximum atomic E-state index is 12.9. The lowest BCUT2D eigenvalue weighted by atomic mass is 9.97. The van der Waals surface area contributed by atoms with E-state index in [4.69, 9.17) is 22.9 Å². The molecular formula is C20H40N8O5. The average Bonchev–Trinajstić information content (AvgIpc) is 2.77. The lowest BCUT2D eigenvalue weighted by molar-refractivity contribution is -0.142. The molecule has 4 atom stereocenters. The van der Waals surface area contributed by atoms with Gasteiger partial charge >= 0.3 is 5.97 Å². The first-order chi connectivity index (χ1) is 15.6. The molecule has 12 N–H and O–H groups in total. The van der Waals surface area contributed by atoms with E-state index in [1.165, 1.54) is 0 Å². The number of nitrogens with two attached hydrogens (primary N) is 4. The maximum Gasteiger partial charge on any atom is 0.326 e. The van der Waals surface area contributed by atoms with Crippen molar-refractivity contribution in [2.75, 3.05) is 19.6 Å². The molecule has 0 saturated heterocycles. The molecule has 0 spiro atoms. The Hall–Kier alpha value is -2.93. The van der Waals surface area contributed by atoms with Gasteiger partial charge in [-0.2, -0.15) is 0 Å². The van der Waals surface area contributed by atoms with Gasteiger partial charge in [0.1, 0.15) is 18.1 Å². The van der Waals surface area contributed by atoms with Crippen LogP contribution in [0.1, 0.15) is 52.4 Å². The van der Waals surface area contributed by atoms with E-state index in [1.54, 1.807) is 6.92 Å². The normalized spacial score (nSPS) is 14.3. The van der Waals surface area contributed by atoms with Gasteiger partial charge in [-0.15, -0.1) is 0 Å². The highest BCUT2D eigenvalue weighted by molar-refractivity contribution is 5.93. The number of nitrogens with one attached hydrogen (secondary N) is 3. The van der Waals surface area contributed by atoms with Crippen LogP contribution in [0.25, 0.3) is 0 Å². The van der Waals surface area contributed by atoms with E-state index >= 15 is 0 Å². The monoisotopic (exact) mass is 472 g/mol. The molecule has 0 aromatic heterocycles. The number of carbonyl (C=O) groups excluding carboxylic acids is 3. The molecule has 0 fully saturated rings. The molecule has 0 aliphatic carbocycles. The molecule has 0 aromatic carbocycles. The number of guanidine groups is 1. The number of carbonyl (C=O) groups is 4. The van der Waals surface area contributed by atoms with Crippen LogP contribution < -0.4 is 38.9 Å². The zero-order chi connectivity index (χ0) is 25.4. The molecule has 0 aromatic rings. The third-order valence-corrected chi connectivity index (χ3v) is 5.14. The summed E-state index contributed by atoms with van der Waals surface area (Å²) >= 11 is 0. The summed E-state index contributed by atoms with van der Waals surface area (Å²) in [6, 6.07) is -3.06. The number of carboxylic acid groups (broad SMARTS) is 1. The molecule has 33 heavy (non-hydrogen) atoms. The van der Waals surface area contributed by atoms with E-state index in [2.05, 4.69) is 20.9 Å². The van der Waals surface area contributed by atoms with Crippen molar-refractivity contribution in [1.29, 1.82) is 0 Å². The van der Waals surface area contributed by atoms with Crippen LogP contribution in [0.2, 0.25) is 0 Å². The Labute approximate surface area is 194 Å². The van der Waals surface area contributed by atoms with Gasteiger partial charge in [-0.3, -0.25) is 19.4 Å². The minimum absolute atomic E-state index is 0.101. The van der Waals surface area contributed by atoms with Crippen LogP contribution >= 0.6 is 0 Å². The molecule has 0 aliphatic heterocycles. The van der Waals surface area contributed by atoms with Gasteiger partial charge in [0.2, 0.25) is 17.7 Å². The predicted octanol–water partition coefficient (Wildman–Crippen LogP) is -2.29. The van der Waals surface area contributed by atoms with Gasteiger partial charge < -0.3 is 44.0 Å². The van der Waals surface area contributed by atoms with Crippen LogP contribution in [-0.4, -0.2) is 72.5 Å². The Morgan fingerprint density at radius 2 is 1.52 bits per heavy atom.